The number of rotatable bonds is 7. The molecule has 0 spiro atoms. The van der Waals surface area contributed by atoms with Crippen molar-refractivity contribution in [1.29, 1.82) is 0 Å². The largest absolute Gasteiger partial charge is 0.466 e. The minimum atomic E-state index is -0.411. The third-order valence-corrected chi connectivity index (χ3v) is 2.68. The molecule has 0 unspecified atom stereocenters. The fourth-order valence-electron chi connectivity index (χ4n) is 0.990. The van der Waals surface area contributed by atoms with Crippen LogP contribution < -0.4 is 0 Å². The van der Waals surface area contributed by atoms with Crippen LogP contribution in [0.2, 0.25) is 0 Å². The van der Waals surface area contributed by atoms with E-state index in [-0.39, 0.29) is 12.2 Å². The van der Waals surface area contributed by atoms with Gasteiger partial charge in [0.25, 0.3) is 0 Å². The Labute approximate surface area is 101 Å². The van der Waals surface area contributed by atoms with Gasteiger partial charge in [-0.1, -0.05) is 20.8 Å². The van der Waals surface area contributed by atoms with Crippen LogP contribution in [0.3, 0.4) is 0 Å². The summed E-state index contributed by atoms with van der Waals surface area (Å²) in [5.41, 5.74) is 0. The second-order valence-corrected chi connectivity index (χ2v) is 5.14. The summed E-state index contributed by atoms with van der Waals surface area (Å²) in [6.07, 6.45) is 3.94. The molecule has 0 bridgehead atoms. The molecule has 0 saturated carbocycles. The minimum absolute atomic E-state index is 0.0362. The number of hydrogen-bond donors (Lipinski definition) is 0. The van der Waals surface area contributed by atoms with Gasteiger partial charge in [-0.25, -0.2) is 0 Å². The molecule has 0 aromatic heterocycles. The molecule has 0 amide bonds. The summed E-state index contributed by atoms with van der Waals surface area (Å²) in [6.45, 7) is 8.42. The summed E-state index contributed by atoms with van der Waals surface area (Å²) < 4.78 is 4.60. The topological polar surface area (TPSA) is 43.4 Å². The van der Waals surface area contributed by atoms with Gasteiger partial charge in [0.1, 0.15) is 12.2 Å². The lowest BCUT2D eigenvalue weighted by Gasteiger charge is -1.98. The van der Waals surface area contributed by atoms with Gasteiger partial charge in [0, 0.05) is 6.42 Å². The Kier molecular flexibility index (Phi) is 16.3. The first kappa shape index (κ1) is 17.9. The Morgan fingerprint density at radius 2 is 1.62 bits per heavy atom. The third kappa shape index (κ3) is 16.0. The quantitative estimate of drug-likeness (QED) is 0.395. The minimum Gasteiger partial charge on any atom is -0.466 e. The lowest BCUT2D eigenvalue weighted by Crippen LogP contribution is -2.10. The Morgan fingerprint density at radius 3 is 1.94 bits per heavy atom. The summed E-state index contributed by atoms with van der Waals surface area (Å²) >= 11 is 0. The summed E-state index contributed by atoms with van der Waals surface area (Å²) in [6, 6.07) is 0. The number of ketones is 1. The van der Waals surface area contributed by atoms with E-state index in [0.717, 1.165) is 6.42 Å². The van der Waals surface area contributed by atoms with E-state index in [1.165, 1.54) is 20.9 Å². The summed E-state index contributed by atoms with van der Waals surface area (Å²) in [5.74, 6) is -0.447. The van der Waals surface area contributed by atoms with Crippen LogP contribution in [0.5, 0.6) is 0 Å². The smallest absolute Gasteiger partial charge is 0.313 e. The molecule has 0 aromatic rings. The number of Topliss-reactive ketones (excluding diaryl/α,β-unsaturated/α-hetero) is 1. The Hall–Kier alpha value is -0.430. The highest BCUT2D eigenvalue weighted by Gasteiger charge is 2.07. The molecule has 0 aliphatic rings. The lowest BCUT2D eigenvalue weighted by atomic mass is 10.2. The highest BCUT2D eigenvalue weighted by atomic mass is 31.1. The second kappa shape index (κ2) is 14.6. The molecule has 96 valence electrons. The maximum Gasteiger partial charge on any atom is 0.313 e. The van der Waals surface area contributed by atoms with Gasteiger partial charge in [-0.3, -0.25) is 9.59 Å². The van der Waals surface area contributed by atoms with Crippen molar-refractivity contribution in [2.75, 3.05) is 18.9 Å². The van der Waals surface area contributed by atoms with Crippen LogP contribution in [0.4, 0.5) is 0 Å². The number of carbonyl (C=O) groups excluding carboxylic acids is 2. The molecule has 0 heterocycles. The van der Waals surface area contributed by atoms with E-state index < -0.39 is 5.97 Å². The molecule has 0 saturated heterocycles. The van der Waals surface area contributed by atoms with Crippen molar-refractivity contribution in [3.05, 3.63) is 0 Å². The van der Waals surface area contributed by atoms with Crippen molar-refractivity contribution in [2.45, 2.75) is 47.0 Å². The second-order valence-electron chi connectivity index (χ2n) is 3.23. The van der Waals surface area contributed by atoms with Crippen LogP contribution in [0.15, 0.2) is 0 Å². The van der Waals surface area contributed by atoms with Crippen LogP contribution in [-0.2, 0) is 14.3 Å². The molecule has 0 aliphatic carbocycles. The first-order valence-electron chi connectivity index (χ1n) is 6.00. The van der Waals surface area contributed by atoms with Gasteiger partial charge in [0.2, 0.25) is 0 Å². The lowest BCUT2D eigenvalue weighted by molar-refractivity contribution is -0.145. The molecule has 0 radical (unpaired) electrons. The van der Waals surface area contributed by atoms with Gasteiger partial charge in [-0.05, 0) is 25.7 Å². The molecule has 0 N–H and O–H groups in total. The molecule has 0 aliphatic heterocycles. The van der Waals surface area contributed by atoms with Gasteiger partial charge < -0.3 is 4.74 Å². The van der Waals surface area contributed by atoms with Crippen molar-refractivity contribution >= 4 is 20.3 Å². The summed E-state index contributed by atoms with van der Waals surface area (Å²) in [7, 11) is 1.20. The summed E-state index contributed by atoms with van der Waals surface area (Å²) in [5, 5.41) is 0. The van der Waals surface area contributed by atoms with Crippen LogP contribution in [0.1, 0.15) is 47.0 Å². The van der Waals surface area contributed by atoms with Crippen molar-refractivity contribution in [3.8, 4) is 0 Å². The molecular formula is C12H25O3P. The Bertz CT molecular complexity index is 163. The van der Waals surface area contributed by atoms with Crippen LogP contribution in [0.25, 0.3) is 0 Å². The first-order chi connectivity index (χ1) is 7.62. The highest BCUT2D eigenvalue weighted by molar-refractivity contribution is 7.37. The van der Waals surface area contributed by atoms with Crippen molar-refractivity contribution in [3.63, 3.8) is 0 Å². The predicted molar refractivity (Wildman–Crippen MR) is 70.6 cm³/mol. The number of hydrogen-bond acceptors (Lipinski definition) is 3. The van der Waals surface area contributed by atoms with Gasteiger partial charge in [-0.15, -0.1) is 8.58 Å². The Morgan fingerprint density at radius 1 is 1.06 bits per heavy atom. The standard InChI is InChI=1S/C8H14O3.C4H11P/c1-3-5-7(9)6-8(10)11-4-2;1-3-5-4-2/h3-6H2,1-2H3;5H,3-4H2,1-2H3. The van der Waals surface area contributed by atoms with Crippen molar-refractivity contribution in [1.82, 2.24) is 0 Å². The molecule has 0 rings (SSSR count). The third-order valence-electron chi connectivity index (χ3n) is 1.68. The zero-order valence-electron chi connectivity index (χ0n) is 11.0. The van der Waals surface area contributed by atoms with E-state index in [4.69, 9.17) is 0 Å². The van der Waals surface area contributed by atoms with Gasteiger partial charge in [0.15, 0.2) is 0 Å². The van der Waals surface area contributed by atoms with Gasteiger partial charge >= 0.3 is 5.97 Å². The maximum absolute atomic E-state index is 10.8. The molecule has 3 nitrogen and oxygen atoms in total. The van der Waals surface area contributed by atoms with E-state index in [9.17, 15) is 9.59 Å². The SMILES string of the molecule is CCCC(=O)CC(=O)OCC.CCPCC. The number of ether oxygens (including phenoxy) is 1. The number of esters is 1. The normalized spacial score (nSPS) is 9.00. The number of carbonyl (C=O) groups is 2. The fraction of sp³-hybridized carbons (Fsp3) is 0.833. The molecule has 0 atom stereocenters. The Balaban J connectivity index is 0. The van der Waals surface area contributed by atoms with E-state index in [2.05, 4.69) is 18.6 Å². The van der Waals surface area contributed by atoms with Crippen LogP contribution >= 0.6 is 8.58 Å². The van der Waals surface area contributed by atoms with E-state index in [1.54, 1.807) is 6.92 Å². The van der Waals surface area contributed by atoms with Gasteiger partial charge in [0.05, 0.1) is 6.61 Å². The van der Waals surface area contributed by atoms with E-state index in [0.29, 0.717) is 13.0 Å². The summed E-state index contributed by atoms with van der Waals surface area (Å²) in [4.78, 5) is 21.5. The average molecular weight is 248 g/mol. The molecule has 0 aromatic carbocycles. The maximum atomic E-state index is 10.8. The predicted octanol–water partition coefficient (Wildman–Crippen LogP) is 3.01. The molecule has 4 heteroatoms. The first-order valence-corrected chi connectivity index (χ1v) is 7.41. The van der Waals surface area contributed by atoms with E-state index in [1.807, 2.05) is 6.92 Å². The molecular weight excluding hydrogens is 223 g/mol. The average Bonchev–Trinajstić information content (AvgIpc) is 2.20. The zero-order chi connectivity index (χ0) is 12.8. The fourth-order valence-corrected chi connectivity index (χ4v) is 1.49. The van der Waals surface area contributed by atoms with Crippen LogP contribution in [0, 0.1) is 0 Å². The highest BCUT2D eigenvalue weighted by Crippen LogP contribution is 2.03. The van der Waals surface area contributed by atoms with Crippen molar-refractivity contribution < 1.29 is 14.3 Å². The monoisotopic (exact) mass is 248 g/mol. The van der Waals surface area contributed by atoms with E-state index >= 15 is 0 Å². The zero-order valence-corrected chi connectivity index (χ0v) is 12.0. The van der Waals surface area contributed by atoms with Gasteiger partial charge in [-0.2, -0.15) is 0 Å². The molecule has 16 heavy (non-hydrogen) atoms. The van der Waals surface area contributed by atoms with Crippen molar-refractivity contribution in [2.24, 2.45) is 0 Å². The van der Waals surface area contributed by atoms with Crippen LogP contribution in [-0.4, -0.2) is 30.7 Å². The molecule has 0 fully saturated rings.